The fraction of sp³-hybridized carbons (Fsp3) is 0.444. The summed E-state index contributed by atoms with van der Waals surface area (Å²) in [5.74, 6) is 2.17. The Morgan fingerprint density at radius 3 is 2.74 bits per heavy atom. The minimum Gasteiger partial charge on any atom is -0.489 e. The number of hydrogen-bond donors (Lipinski definition) is 1. The molecule has 1 aromatic heterocycles. The third-order valence-electron chi connectivity index (χ3n) is 7.39. The summed E-state index contributed by atoms with van der Waals surface area (Å²) in [6.07, 6.45) is 3.21. The molecule has 0 unspecified atom stereocenters. The maximum Gasteiger partial charge on any atom is 0.258 e. The van der Waals surface area contributed by atoms with Crippen LogP contribution in [0.5, 0.6) is 5.75 Å². The summed E-state index contributed by atoms with van der Waals surface area (Å²) >= 11 is 0. The van der Waals surface area contributed by atoms with E-state index in [1.807, 2.05) is 36.9 Å². The van der Waals surface area contributed by atoms with E-state index < -0.39 is 0 Å². The molecule has 3 aliphatic rings. The summed E-state index contributed by atoms with van der Waals surface area (Å²) in [6, 6.07) is 12.2. The Kier molecular flexibility index (Phi) is 5.48. The molecule has 8 nitrogen and oxygen atoms in total. The number of nitrogens with zero attached hydrogens (tertiary/aromatic N) is 4. The molecule has 8 heteroatoms. The normalized spacial score (nSPS) is 20.0. The van der Waals surface area contributed by atoms with Gasteiger partial charge in [0.2, 0.25) is 11.7 Å². The van der Waals surface area contributed by atoms with Crippen molar-refractivity contribution in [2.45, 2.75) is 45.3 Å². The van der Waals surface area contributed by atoms with Gasteiger partial charge in [0.1, 0.15) is 5.75 Å². The van der Waals surface area contributed by atoms with E-state index in [-0.39, 0.29) is 12.0 Å². The fourth-order valence-electron chi connectivity index (χ4n) is 5.43. The van der Waals surface area contributed by atoms with Crippen LogP contribution in [0.1, 0.15) is 43.9 Å². The van der Waals surface area contributed by atoms with Gasteiger partial charge in [-0.3, -0.25) is 9.69 Å². The van der Waals surface area contributed by atoms with Crippen molar-refractivity contribution in [3.8, 4) is 28.6 Å². The number of benzene rings is 2. The van der Waals surface area contributed by atoms with Crippen molar-refractivity contribution in [2.24, 2.45) is 5.92 Å². The highest BCUT2D eigenvalue weighted by atomic mass is 16.5. The lowest BCUT2D eigenvalue weighted by molar-refractivity contribution is -0.145. The van der Waals surface area contributed by atoms with E-state index in [1.165, 1.54) is 11.1 Å². The van der Waals surface area contributed by atoms with Gasteiger partial charge >= 0.3 is 0 Å². The quantitative estimate of drug-likeness (QED) is 0.542. The highest BCUT2D eigenvalue weighted by Crippen LogP contribution is 2.43. The maximum absolute atomic E-state index is 12.5. The highest BCUT2D eigenvalue weighted by molar-refractivity contribution is 5.81. The van der Waals surface area contributed by atoms with Crippen LogP contribution in [0.2, 0.25) is 0 Å². The fourth-order valence-corrected chi connectivity index (χ4v) is 5.43. The molecule has 3 aromatic rings. The van der Waals surface area contributed by atoms with E-state index in [9.17, 15) is 4.79 Å². The summed E-state index contributed by atoms with van der Waals surface area (Å²) in [6.45, 7) is 7.50. The molecule has 0 bridgehead atoms. The number of hydrogen-bond acceptors (Lipinski definition) is 7. The molecule has 35 heavy (non-hydrogen) atoms. The summed E-state index contributed by atoms with van der Waals surface area (Å²) in [5, 5.41) is 4.29. The smallest absolute Gasteiger partial charge is 0.258 e. The topological polar surface area (TPSA) is 97.7 Å². The lowest BCUT2D eigenvalue weighted by Gasteiger charge is -2.45. The molecule has 182 valence electrons. The Balaban J connectivity index is 1.19. The first-order valence-corrected chi connectivity index (χ1v) is 12.5. The number of ether oxygens (including phenoxy) is 1. The van der Waals surface area contributed by atoms with E-state index in [4.69, 9.17) is 20.0 Å². The average molecular weight is 474 g/mol. The second-order valence-electron chi connectivity index (χ2n) is 10.1. The molecule has 0 saturated carbocycles. The summed E-state index contributed by atoms with van der Waals surface area (Å²) in [4.78, 5) is 21.7. The molecule has 0 spiro atoms. The second-order valence-corrected chi connectivity index (χ2v) is 10.1. The zero-order valence-corrected chi connectivity index (χ0v) is 20.2. The van der Waals surface area contributed by atoms with Crippen LogP contribution in [0.3, 0.4) is 0 Å². The molecule has 0 radical (unpaired) electrons. The van der Waals surface area contributed by atoms with Gasteiger partial charge < -0.3 is 19.9 Å². The minimum absolute atomic E-state index is 0.0466. The molecule has 2 aliphatic heterocycles. The van der Waals surface area contributed by atoms with Crippen LogP contribution in [-0.4, -0.2) is 58.1 Å². The van der Waals surface area contributed by atoms with Crippen LogP contribution in [0, 0.1) is 5.92 Å². The van der Waals surface area contributed by atoms with Crippen molar-refractivity contribution in [3.63, 3.8) is 0 Å². The number of fused-ring (bicyclic) bond motifs is 1. The Morgan fingerprint density at radius 2 is 2.03 bits per heavy atom. The van der Waals surface area contributed by atoms with E-state index in [0.29, 0.717) is 35.1 Å². The number of rotatable bonds is 6. The average Bonchev–Trinajstić information content (AvgIpc) is 3.40. The number of amides is 1. The molecule has 1 aliphatic carbocycles. The zero-order valence-electron chi connectivity index (χ0n) is 20.2. The zero-order chi connectivity index (χ0) is 24.1. The van der Waals surface area contributed by atoms with Gasteiger partial charge in [0.15, 0.2) is 0 Å². The Hall–Kier alpha value is -3.39. The molecular formula is C27H31N5O3. The van der Waals surface area contributed by atoms with E-state index >= 15 is 0 Å². The van der Waals surface area contributed by atoms with E-state index in [0.717, 1.165) is 56.6 Å². The van der Waals surface area contributed by atoms with Crippen LogP contribution in [-0.2, 0) is 11.2 Å². The molecule has 2 aromatic carbocycles. The molecule has 2 fully saturated rings. The van der Waals surface area contributed by atoms with Gasteiger partial charge in [0.25, 0.3) is 5.89 Å². The van der Waals surface area contributed by atoms with Crippen molar-refractivity contribution >= 4 is 11.6 Å². The largest absolute Gasteiger partial charge is 0.489 e. The van der Waals surface area contributed by atoms with Gasteiger partial charge in [-0.05, 0) is 62.4 Å². The van der Waals surface area contributed by atoms with Gasteiger partial charge in [-0.15, -0.1) is 0 Å². The maximum atomic E-state index is 12.5. The van der Waals surface area contributed by atoms with Crippen molar-refractivity contribution < 1.29 is 14.1 Å². The summed E-state index contributed by atoms with van der Waals surface area (Å²) in [5.41, 5.74) is 11.1. The van der Waals surface area contributed by atoms with E-state index in [2.05, 4.69) is 28.3 Å². The van der Waals surface area contributed by atoms with Crippen LogP contribution < -0.4 is 10.5 Å². The van der Waals surface area contributed by atoms with Crippen molar-refractivity contribution in [1.82, 2.24) is 19.9 Å². The predicted octanol–water partition coefficient (Wildman–Crippen LogP) is 3.92. The molecule has 1 atom stereocenters. The molecular weight excluding hydrogens is 442 g/mol. The van der Waals surface area contributed by atoms with Crippen molar-refractivity contribution in [2.75, 3.05) is 31.9 Å². The Bertz CT molecular complexity index is 1260. The Morgan fingerprint density at radius 1 is 1.20 bits per heavy atom. The number of anilines is 1. The van der Waals surface area contributed by atoms with E-state index in [1.54, 1.807) is 0 Å². The van der Waals surface area contributed by atoms with Gasteiger partial charge in [0.05, 0.1) is 17.7 Å². The van der Waals surface area contributed by atoms with Crippen molar-refractivity contribution in [1.29, 1.82) is 0 Å². The van der Waals surface area contributed by atoms with Crippen LogP contribution in [0.25, 0.3) is 22.8 Å². The summed E-state index contributed by atoms with van der Waals surface area (Å²) < 4.78 is 11.3. The van der Waals surface area contributed by atoms with Crippen LogP contribution >= 0.6 is 0 Å². The molecule has 2 N–H and O–H groups in total. The SMILES string of the molecule is CC(C)Oc1ccc(-c2nc(-c3cccc4c3CC[C@@H]4N3CC(C(=O)N4CCC4)C3)no2)cc1N. The molecule has 2 saturated heterocycles. The predicted molar refractivity (Wildman–Crippen MR) is 133 cm³/mol. The second kappa shape index (κ2) is 8.68. The number of nitrogens with two attached hydrogens (primary N) is 1. The molecule has 6 rings (SSSR count). The third kappa shape index (κ3) is 3.95. The Labute approximate surface area is 205 Å². The number of nitrogen functional groups attached to an aromatic ring is 1. The van der Waals surface area contributed by atoms with Gasteiger partial charge in [0, 0.05) is 43.3 Å². The number of likely N-dealkylation sites (tertiary alicyclic amines) is 2. The molecule has 3 heterocycles. The highest BCUT2D eigenvalue weighted by Gasteiger charge is 2.42. The number of carbonyl (C=O) groups is 1. The third-order valence-corrected chi connectivity index (χ3v) is 7.39. The molecule has 1 amide bonds. The van der Waals surface area contributed by atoms with Crippen LogP contribution in [0.15, 0.2) is 40.9 Å². The van der Waals surface area contributed by atoms with Gasteiger partial charge in [-0.2, -0.15) is 4.98 Å². The lowest BCUT2D eigenvalue weighted by atomic mass is 9.92. The monoisotopic (exact) mass is 473 g/mol. The number of aromatic nitrogens is 2. The minimum atomic E-state index is 0.0466. The lowest BCUT2D eigenvalue weighted by Crippen LogP contribution is -2.57. The van der Waals surface area contributed by atoms with Gasteiger partial charge in [-0.1, -0.05) is 23.4 Å². The first kappa shape index (κ1) is 22.1. The van der Waals surface area contributed by atoms with Crippen LogP contribution in [0.4, 0.5) is 5.69 Å². The first-order valence-electron chi connectivity index (χ1n) is 12.5. The first-order chi connectivity index (χ1) is 17.0. The summed E-state index contributed by atoms with van der Waals surface area (Å²) in [7, 11) is 0. The van der Waals surface area contributed by atoms with Gasteiger partial charge in [-0.25, -0.2) is 0 Å². The van der Waals surface area contributed by atoms with Crippen molar-refractivity contribution in [3.05, 3.63) is 47.5 Å². The standard InChI is InChI=1S/C27H31N5O3/c1-16(2)34-24-10-7-17(13-22(24)28)26-29-25(30-35-26)21-6-3-5-20-19(21)8-9-23(20)32-14-18(15-32)27(33)31-11-4-12-31/h3,5-7,10,13,16,18,23H,4,8-9,11-12,14-15,28H2,1-2H3/t23-/m0/s1. The number of carbonyl (C=O) groups excluding carboxylic acids is 1.